The number of ether oxygens (including phenoxy) is 4. The van der Waals surface area contributed by atoms with E-state index >= 15 is 0 Å². The van der Waals surface area contributed by atoms with E-state index in [1.165, 1.54) is 6.92 Å². The smallest absolute Gasteiger partial charge is 0.409 e. The molecule has 0 aromatic rings. The van der Waals surface area contributed by atoms with Crippen molar-refractivity contribution in [3.05, 3.63) is 0 Å². The molecule has 0 atom stereocenters. The number of amides is 2. The Balaban J connectivity index is 1.81. The normalized spacial score (nSPS) is 14.5. The van der Waals surface area contributed by atoms with Crippen molar-refractivity contribution in [2.24, 2.45) is 0 Å². The fourth-order valence-corrected chi connectivity index (χ4v) is 3.42. The number of nitrogens with zero attached hydrogens (tertiary/aromatic N) is 1. The SMILES string of the molecule is CSC1CCN(C(=O)OCCOCCOCCOCCNC(=O)CCC(C)=O)CC1. The van der Waals surface area contributed by atoms with Crippen LogP contribution in [0.25, 0.3) is 0 Å². The fourth-order valence-electron chi connectivity index (χ4n) is 2.74. The Morgan fingerprint density at radius 1 is 0.900 bits per heavy atom. The van der Waals surface area contributed by atoms with Gasteiger partial charge < -0.3 is 34.0 Å². The van der Waals surface area contributed by atoms with Crippen molar-refractivity contribution in [3.63, 3.8) is 0 Å². The first-order valence-corrected chi connectivity index (χ1v) is 11.8. The highest BCUT2D eigenvalue weighted by Crippen LogP contribution is 2.21. The lowest BCUT2D eigenvalue weighted by Gasteiger charge is -2.30. The van der Waals surface area contributed by atoms with E-state index in [0.29, 0.717) is 51.4 Å². The average molecular weight is 449 g/mol. The summed E-state index contributed by atoms with van der Waals surface area (Å²) in [6.07, 6.45) is 4.36. The van der Waals surface area contributed by atoms with Crippen molar-refractivity contribution < 1.29 is 33.3 Å². The van der Waals surface area contributed by atoms with Crippen molar-refractivity contribution >= 4 is 29.5 Å². The maximum atomic E-state index is 11.9. The maximum Gasteiger partial charge on any atom is 0.409 e. The van der Waals surface area contributed by atoms with Crippen LogP contribution in [0.4, 0.5) is 4.79 Å². The van der Waals surface area contributed by atoms with E-state index in [4.69, 9.17) is 18.9 Å². The Bertz CT molecular complexity index is 500. The number of Topliss-reactive ketones (excluding diaryl/α,β-unsaturated/α-hetero) is 1. The molecule has 2 amide bonds. The molecule has 10 heteroatoms. The van der Waals surface area contributed by atoms with Crippen LogP contribution in [0.3, 0.4) is 0 Å². The molecule has 1 heterocycles. The van der Waals surface area contributed by atoms with Crippen LogP contribution < -0.4 is 5.32 Å². The average Bonchev–Trinajstić information content (AvgIpc) is 2.75. The third-order valence-corrected chi connectivity index (χ3v) is 5.64. The standard InChI is InChI=1S/C20H36N2O7S/c1-17(23)3-4-19(24)21-7-10-26-11-12-27-13-14-28-15-16-29-20(25)22-8-5-18(30-2)6-9-22/h18H,3-16H2,1-2H3,(H,21,24). The molecule has 0 bridgehead atoms. The first-order chi connectivity index (χ1) is 14.5. The summed E-state index contributed by atoms with van der Waals surface area (Å²) in [5.74, 6) is -0.140. The highest BCUT2D eigenvalue weighted by atomic mass is 32.2. The summed E-state index contributed by atoms with van der Waals surface area (Å²) in [4.78, 5) is 35.9. The van der Waals surface area contributed by atoms with E-state index < -0.39 is 0 Å². The molecule has 0 saturated carbocycles. The summed E-state index contributed by atoms with van der Waals surface area (Å²) in [7, 11) is 0. The van der Waals surface area contributed by atoms with Gasteiger partial charge >= 0.3 is 6.09 Å². The van der Waals surface area contributed by atoms with Crippen LogP contribution in [0, 0.1) is 0 Å². The summed E-state index contributed by atoms with van der Waals surface area (Å²) in [5, 5.41) is 3.33. The molecule has 0 unspecified atom stereocenters. The van der Waals surface area contributed by atoms with Crippen LogP contribution in [0.15, 0.2) is 0 Å². The minimum atomic E-state index is -0.262. The van der Waals surface area contributed by atoms with Gasteiger partial charge in [0.25, 0.3) is 0 Å². The zero-order chi connectivity index (χ0) is 22.0. The zero-order valence-corrected chi connectivity index (χ0v) is 19.0. The number of piperidine rings is 1. The second-order valence-electron chi connectivity index (χ2n) is 6.93. The molecule has 0 radical (unpaired) electrons. The molecule has 1 aliphatic rings. The van der Waals surface area contributed by atoms with Crippen LogP contribution in [-0.4, -0.2) is 100 Å². The second kappa shape index (κ2) is 17.3. The Kier molecular flexibility index (Phi) is 15.4. The Hall–Kier alpha value is -1.36. The van der Waals surface area contributed by atoms with Gasteiger partial charge in [-0.3, -0.25) is 4.79 Å². The van der Waals surface area contributed by atoms with Gasteiger partial charge in [-0.25, -0.2) is 4.79 Å². The molecular formula is C20H36N2O7S. The van der Waals surface area contributed by atoms with E-state index in [1.54, 1.807) is 4.90 Å². The molecule has 174 valence electrons. The van der Waals surface area contributed by atoms with Crippen LogP contribution in [0.2, 0.25) is 0 Å². The maximum absolute atomic E-state index is 11.9. The van der Waals surface area contributed by atoms with E-state index in [0.717, 1.165) is 25.9 Å². The van der Waals surface area contributed by atoms with Gasteiger partial charge in [0.15, 0.2) is 0 Å². The number of nitrogens with one attached hydrogen (secondary N) is 1. The topological polar surface area (TPSA) is 103 Å². The molecule has 30 heavy (non-hydrogen) atoms. The predicted octanol–water partition coefficient (Wildman–Crippen LogP) is 1.49. The minimum Gasteiger partial charge on any atom is -0.447 e. The molecule has 0 aromatic heterocycles. The molecule has 0 aromatic carbocycles. The van der Waals surface area contributed by atoms with E-state index in [9.17, 15) is 14.4 Å². The molecule has 1 rings (SSSR count). The lowest BCUT2D eigenvalue weighted by molar-refractivity contribution is -0.124. The second-order valence-corrected chi connectivity index (χ2v) is 8.06. The summed E-state index contributed by atoms with van der Waals surface area (Å²) >= 11 is 1.86. The van der Waals surface area contributed by atoms with Gasteiger partial charge in [-0.2, -0.15) is 11.8 Å². The number of carbonyl (C=O) groups is 3. The zero-order valence-electron chi connectivity index (χ0n) is 18.2. The summed E-state index contributed by atoms with van der Waals surface area (Å²) in [5.41, 5.74) is 0. The van der Waals surface area contributed by atoms with Crippen molar-refractivity contribution in [2.75, 3.05) is 72.1 Å². The lowest BCUT2D eigenvalue weighted by atomic mass is 10.1. The molecule has 9 nitrogen and oxygen atoms in total. The monoisotopic (exact) mass is 448 g/mol. The largest absolute Gasteiger partial charge is 0.447 e. The Morgan fingerprint density at radius 2 is 1.47 bits per heavy atom. The fraction of sp³-hybridized carbons (Fsp3) is 0.850. The van der Waals surface area contributed by atoms with Crippen LogP contribution >= 0.6 is 11.8 Å². The van der Waals surface area contributed by atoms with Crippen LogP contribution in [-0.2, 0) is 28.5 Å². The predicted molar refractivity (Wildman–Crippen MR) is 115 cm³/mol. The number of ketones is 1. The molecule has 1 saturated heterocycles. The van der Waals surface area contributed by atoms with Crippen molar-refractivity contribution in [2.45, 2.75) is 37.9 Å². The Labute approximate surface area is 183 Å². The van der Waals surface area contributed by atoms with Crippen LogP contribution in [0.5, 0.6) is 0 Å². The molecule has 1 N–H and O–H groups in total. The van der Waals surface area contributed by atoms with E-state index in [-0.39, 0.29) is 37.2 Å². The van der Waals surface area contributed by atoms with Crippen molar-refractivity contribution in [1.29, 1.82) is 0 Å². The number of hydrogen-bond donors (Lipinski definition) is 1. The van der Waals surface area contributed by atoms with E-state index in [2.05, 4.69) is 11.6 Å². The molecule has 1 fully saturated rings. The van der Waals surface area contributed by atoms with E-state index in [1.807, 2.05) is 11.8 Å². The van der Waals surface area contributed by atoms with Crippen molar-refractivity contribution in [1.82, 2.24) is 10.2 Å². The summed E-state index contributed by atoms with van der Waals surface area (Å²) in [6.45, 7) is 6.08. The van der Waals surface area contributed by atoms with Gasteiger partial charge in [-0.1, -0.05) is 0 Å². The van der Waals surface area contributed by atoms with Gasteiger partial charge in [-0.15, -0.1) is 0 Å². The third kappa shape index (κ3) is 13.8. The molecular weight excluding hydrogens is 412 g/mol. The highest BCUT2D eigenvalue weighted by molar-refractivity contribution is 7.99. The number of hydrogen-bond acceptors (Lipinski definition) is 8. The molecule has 0 spiro atoms. The Morgan fingerprint density at radius 3 is 2.03 bits per heavy atom. The number of likely N-dealkylation sites (tertiary alicyclic amines) is 1. The van der Waals surface area contributed by atoms with Gasteiger partial charge in [0.2, 0.25) is 5.91 Å². The summed E-state index contributed by atoms with van der Waals surface area (Å²) < 4.78 is 21.3. The van der Waals surface area contributed by atoms with Gasteiger partial charge in [0.05, 0.1) is 39.6 Å². The molecule has 1 aliphatic heterocycles. The van der Waals surface area contributed by atoms with Gasteiger partial charge in [0.1, 0.15) is 12.4 Å². The molecule has 0 aliphatic carbocycles. The minimum absolute atomic E-state index is 0.00500. The van der Waals surface area contributed by atoms with Gasteiger partial charge in [-0.05, 0) is 26.0 Å². The lowest BCUT2D eigenvalue weighted by Crippen LogP contribution is -2.39. The third-order valence-electron chi connectivity index (χ3n) is 4.50. The van der Waals surface area contributed by atoms with Crippen molar-refractivity contribution in [3.8, 4) is 0 Å². The number of thioether (sulfide) groups is 1. The number of rotatable bonds is 16. The number of carbonyl (C=O) groups excluding carboxylic acids is 3. The first kappa shape index (κ1) is 26.7. The highest BCUT2D eigenvalue weighted by Gasteiger charge is 2.22. The quantitative estimate of drug-likeness (QED) is 0.354. The van der Waals surface area contributed by atoms with Crippen LogP contribution in [0.1, 0.15) is 32.6 Å². The van der Waals surface area contributed by atoms with Gasteiger partial charge in [0, 0.05) is 37.7 Å². The summed E-state index contributed by atoms with van der Waals surface area (Å²) in [6, 6.07) is 0. The first-order valence-electron chi connectivity index (χ1n) is 10.5.